The van der Waals surface area contributed by atoms with Crippen LogP contribution in [0.5, 0.6) is 0 Å². The second-order valence-electron chi connectivity index (χ2n) is 2.80. The minimum atomic E-state index is 0.790. The fourth-order valence-electron chi connectivity index (χ4n) is 0.596. The van der Waals surface area contributed by atoms with Crippen LogP contribution in [0.2, 0.25) is 0 Å². The second-order valence-corrected chi connectivity index (χ2v) is 2.80. The molecule has 0 amide bonds. The van der Waals surface area contributed by atoms with E-state index in [9.17, 15) is 0 Å². The zero-order valence-electron chi connectivity index (χ0n) is 6.15. The fraction of sp³-hybridized carbons (Fsp3) is 1.00. The zero-order chi connectivity index (χ0) is 6.57. The van der Waals surface area contributed by atoms with Crippen LogP contribution in [-0.2, 0) is 0 Å². The van der Waals surface area contributed by atoms with Gasteiger partial charge in [0.1, 0.15) is 0 Å². The van der Waals surface area contributed by atoms with Crippen LogP contribution < -0.4 is 5.73 Å². The Morgan fingerprint density at radius 2 is 1.75 bits per heavy atom. The topological polar surface area (TPSA) is 26.0 Å². The second kappa shape index (κ2) is 3.90. The largest absolute Gasteiger partial charge is 0.330 e. The molecule has 0 aromatic carbocycles. The van der Waals surface area contributed by atoms with Crippen molar-refractivity contribution in [2.24, 2.45) is 17.6 Å². The van der Waals surface area contributed by atoms with E-state index in [1.807, 2.05) is 0 Å². The average molecular weight is 115 g/mol. The first-order valence-corrected chi connectivity index (χ1v) is 3.38. The van der Waals surface area contributed by atoms with Crippen molar-refractivity contribution in [3.05, 3.63) is 0 Å². The van der Waals surface area contributed by atoms with Gasteiger partial charge in [0.15, 0.2) is 0 Å². The molecule has 50 valence electrons. The van der Waals surface area contributed by atoms with Crippen molar-refractivity contribution in [2.45, 2.75) is 27.2 Å². The van der Waals surface area contributed by atoms with Crippen LogP contribution in [0.4, 0.5) is 0 Å². The highest BCUT2D eigenvalue weighted by molar-refractivity contribution is 4.56. The van der Waals surface area contributed by atoms with E-state index in [0.29, 0.717) is 0 Å². The van der Waals surface area contributed by atoms with Gasteiger partial charge < -0.3 is 5.73 Å². The Hall–Kier alpha value is -0.0400. The third-order valence-corrected chi connectivity index (χ3v) is 1.76. The van der Waals surface area contributed by atoms with E-state index >= 15 is 0 Å². The minimum absolute atomic E-state index is 0.790. The third kappa shape index (κ3) is 3.03. The van der Waals surface area contributed by atoms with Gasteiger partial charge in [-0.05, 0) is 24.8 Å². The summed E-state index contributed by atoms with van der Waals surface area (Å²) < 4.78 is 0. The van der Waals surface area contributed by atoms with Gasteiger partial charge in [-0.1, -0.05) is 20.8 Å². The third-order valence-electron chi connectivity index (χ3n) is 1.76. The molecule has 0 aliphatic heterocycles. The van der Waals surface area contributed by atoms with Crippen LogP contribution in [0.3, 0.4) is 0 Å². The lowest BCUT2D eigenvalue weighted by molar-refractivity contribution is 0.397. The molecule has 0 aromatic rings. The van der Waals surface area contributed by atoms with Crippen molar-refractivity contribution in [2.75, 3.05) is 6.54 Å². The first kappa shape index (κ1) is 7.96. The Balaban J connectivity index is 3.17. The smallest absolute Gasteiger partial charge is 0.00746 e. The van der Waals surface area contributed by atoms with E-state index in [1.54, 1.807) is 0 Å². The van der Waals surface area contributed by atoms with E-state index in [0.717, 1.165) is 24.8 Å². The lowest BCUT2D eigenvalue weighted by atomic mass is 9.95. The number of hydrogen-bond donors (Lipinski definition) is 1. The van der Waals surface area contributed by atoms with Crippen molar-refractivity contribution in [1.29, 1.82) is 0 Å². The summed E-state index contributed by atoms with van der Waals surface area (Å²) in [6.07, 6.45) is 1.16. The van der Waals surface area contributed by atoms with Gasteiger partial charge in [-0.25, -0.2) is 0 Å². The number of hydrogen-bond acceptors (Lipinski definition) is 1. The van der Waals surface area contributed by atoms with Gasteiger partial charge in [-0.3, -0.25) is 0 Å². The molecule has 0 spiro atoms. The van der Waals surface area contributed by atoms with E-state index < -0.39 is 0 Å². The highest BCUT2D eigenvalue weighted by Crippen LogP contribution is 2.11. The number of rotatable bonds is 3. The Kier molecular flexibility index (Phi) is 3.88. The molecule has 0 aliphatic carbocycles. The van der Waals surface area contributed by atoms with Gasteiger partial charge >= 0.3 is 0 Å². The summed E-state index contributed by atoms with van der Waals surface area (Å²) in [5.41, 5.74) is 5.37. The van der Waals surface area contributed by atoms with Crippen LogP contribution in [0, 0.1) is 11.8 Å². The zero-order valence-corrected chi connectivity index (χ0v) is 6.15. The minimum Gasteiger partial charge on any atom is -0.330 e. The van der Waals surface area contributed by atoms with Crippen LogP contribution in [0.25, 0.3) is 0 Å². The van der Waals surface area contributed by atoms with Crippen molar-refractivity contribution in [1.82, 2.24) is 0 Å². The highest BCUT2D eigenvalue weighted by Gasteiger charge is 2.03. The summed E-state index contributed by atoms with van der Waals surface area (Å²) in [5.74, 6) is 1.58. The molecule has 1 atom stereocenters. The molecule has 0 aromatic heterocycles. The summed E-state index contributed by atoms with van der Waals surface area (Å²) in [6.45, 7) is 7.55. The van der Waals surface area contributed by atoms with Gasteiger partial charge in [0.2, 0.25) is 0 Å². The first-order valence-electron chi connectivity index (χ1n) is 3.38. The Labute approximate surface area is 52.3 Å². The van der Waals surface area contributed by atoms with Crippen molar-refractivity contribution >= 4 is 0 Å². The van der Waals surface area contributed by atoms with E-state index in [1.165, 1.54) is 0 Å². The molecule has 0 aliphatic rings. The van der Waals surface area contributed by atoms with Gasteiger partial charge in [0.25, 0.3) is 0 Å². The summed E-state index contributed by atoms with van der Waals surface area (Å²) in [7, 11) is 0. The first-order chi connectivity index (χ1) is 3.68. The van der Waals surface area contributed by atoms with Gasteiger partial charge in [0, 0.05) is 0 Å². The molecule has 0 rings (SSSR count). The standard InChI is InChI=1S/C7H17N/c1-6(2)7(3)4-5-8/h6-7H,4-5,8H2,1-3H3. The average Bonchev–Trinajstić information content (AvgIpc) is 1.67. The molecule has 8 heavy (non-hydrogen) atoms. The van der Waals surface area contributed by atoms with Crippen molar-refractivity contribution in [3.8, 4) is 0 Å². The Morgan fingerprint density at radius 3 is 1.88 bits per heavy atom. The molecule has 2 N–H and O–H groups in total. The lowest BCUT2D eigenvalue weighted by Gasteiger charge is -2.12. The predicted molar refractivity (Wildman–Crippen MR) is 37.7 cm³/mol. The maximum Gasteiger partial charge on any atom is -0.00746 e. The maximum absolute atomic E-state index is 5.37. The van der Waals surface area contributed by atoms with Crippen LogP contribution in [0.1, 0.15) is 27.2 Å². The molecular formula is C7H17N. The molecule has 1 nitrogen and oxygen atoms in total. The monoisotopic (exact) mass is 115 g/mol. The Morgan fingerprint density at radius 1 is 1.25 bits per heavy atom. The molecule has 1 unspecified atom stereocenters. The van der Waals surface area contributed by atoms with Crippen LogP contribution >= 0.6 is 0 Å². The summed E-state index contributed by atoms with van der Waals surface area (Å²) in [5, 5.41) is 0. The normalized spacial score (nSPS) is 14.6. The van der Waals surface area contributed by atoms with Gasteiger partial charge in [-0.2, -0.15) is 0 Å². The molecule has 0 fully saturated rings. The van der Waals surface area contributed by atoms with Crippen molar-refractivity contribution < 1.29 is 0 Å². The van der Waals surface area contributed by atoms with Gasteiger partial charge in [0.05, 0.1) is 0 Å². The van der Waals surface area contributed by atoms with E-state index in [2.05, 4.69) is 20.8 Å². The lowest BCUT2D eigenvalue weighted by Crippen LogP contribution is -2.10. The highest BCUT2D eigenvalue weighted by atomic mass is 14.5. The Bertz CT molecular complexity index is 50.3. The molecule has 0 heterocycles. The van der Waals surface area contributed by atoms with E-state index in [-0.39, 0.29) is 0 Å². The van der Waals surface area contributed by atoms with Crippen LogP contribution in [0.15, 0.2) is 0 Å². The SMILES string of the molecule is CC(C)C(C)CCN. The summed E-state index contributed by atoms with van der Waals surface area (Å²) in [6, 6.07) is 0. The van der Waals surface area contributed by atoms with Gasteiger partial charge in [-0.15, -0.1) is 0 Å². The van der Waals surface area contributed by atoms with E-state index in [4.69, 9.17) is 5.73 Å². The molecule has 0 bridgehead atoms. The quantitative estimate of drug-likeness (QED) is 0.594. The summed E-state index contributed by atoms with van der Waals surface area (Å²) in [4.78, 5) is 0. The summed E-state index contributed by atoms with van der Waals surface area (Å²) >= 11 is 0. The molecule has 1 heteroatoms. The molecule has 0 saturated carbocycles. The maximum atomic E-state index is 5.37. The van der Waals surface area contributed by atoms with Crippen molar-refractivity contribution in [3.63, 3.8) is 0 Å². The van der Waals surface area contributed by atoms with Crippen LogP contribution in [-0.4, -0.2) is 6.54 Å². The molecule has 0 saturated heterocycles. The number of nitrogens with two attached hydrogens (primary N) is 1. The molecular weight excluding hydrogens is 98.1 g/mol. The predicted octanol–water partition coefficient (Wildman–Crippen LogP) is 1.63. The molecule has 0 radical (unpaired) electrons. The fourth-order valence-corrected chi connectivity index (χ4v) is 0.596.